The second-order valence-corrected chi connectivity index (χ2v) is 7.82. The van der Waals surface area contributed by atoms with Gasteiger partial charge in [0.2, 0.25) is 5.91 Å². The number of hydrogen-bond acceptors (Lipinski definition) is 4. The van der Waals surface area contributed by atoms with E-state index in [9.17, 15) is 9.59 Å². The maximum absolute atomic E-state index is 13.1. The highest BCUT2D eigenvalue weighted by molar-refractivity contribution is 8.00. The molecule has 2 heterocycles. The number of carbonyl (C=O) groups is 2. The summed E-state index contributed by atoms with van der Waals surface area (Å²) >= 11 is 1.54. The molecule has 130 valence electrons. The average molecular weight is 347 g/mol. The minimum absolute atomic E-state index is 0.000804. The minimum atomic E-state index is -0.0922. The summed E-state index contributed by atoms with van der Waals surface area (Å²) in [5, 5.41) is 6.17. The van der Waals surface area contributed by atoms with E-state index in [1.165, 1.54) is 0 Å². The number of nitrogens with zero attached hydrogens (tertiary/aromatic N) is 1. The van der Waals surface area contributed by atoms with E-state index in [0.29, 0.717) is 11.6 Å². The van der Waals surface area contributed by atoms with Gasteiger partial charge in [-0.05, 0) is 57.5 Å². The van der Waals surface area contributed by atoms with E-state index in [4.69, 9.17) is 0 Å². The Labute approximate surface area is 147 Å². The zero-order chi connectivity index (χ0) is 17.1. The molecule has 0 saturated carbocycles. The Morgan fingerprint density at radius 3 is 2.79 bits per heavy atom. The van der Waals surface area contributed by atoms with Crippen LogP contribution in [0.4, 0.5) is 5.69 Å². The van der Waals surface area contributed by atoms with Crippen molar-refractivity contribution in [2.24, 2.45) is 0 Å². The number of carbonyl (C=O) groups excluding carboxylic acids is 2. The largest absolute Gasteiger partial charge is 0.336 e. The van der Waals surface area contributed by atoms with E-state index in [2.05, 4.69) is 17.6 Å². The van der Waals surface area contributed by atoms with Crippen molar-refractivity contribution < 1.29 is 9.59 Å². The van der Waals surface area contributed by atoms with Crippen LogP contribution in [0.15, 0.2) is 23.1 Å². The average Bonchev–Trinajstić information content (AvgIpc) is 2.60. The molecule has 3 rings (SSSR count). The van der Waals surface area contributed by atoms with E-state index >= 15 is 0 Å². The molecule has 2 aliphatic rings. The summed E-state index contributed by atoms with van der Waals surface area (Å²) in [5.74, 6) is 0.0743. The highest BCUT2D eigenvalue weighted by Gasteiger charge is 2.28. The van der Waals surface area contributed by atoms with Gasteiger partial charge in [-0.15, -0.1) is 11.8 Å². The maximum Gasteiger partial charge on any atom is 0.254 e. The van der Waals surface area contributed by atoms with Gasteiger partial charge in [0.05, 0.1) is 10.9 Å². The number of piperidine rings is 1. The third kappa shape index (κ3) is 3.59. The number of anilines is 1. The first-order chi connectivity index (χ1) is 11.6. The molecule has 1 unspecified atom stereocenters. The third-order valence-electron chi connectivity index (χ3n) is 4.63. The standard InChI is InChI=1S/C18H25N3O2S/c1-3-10-21(14-6-8-19-9-7-14)18(23)13-4-5-16-15(11-13)20-17(22)12(2)24-16/h4-5,11-12,14,19H,3,6-10H2,1-2H3,(H,20,22). The Hall–Kier alpha value is -1.53. The monoisotopic (exact) mass is 347 g/mol. The van der Waals surface area contributed by atoms with Crippen LogP contribution < -0.4 is 10.6 Å². The topological polar surface area (TPSA) is 61.4 Å². The summed E-state index contributed by atoms with van der Waals surface area (Å²) in [4.78, 5) is 28.0. The second-order valence-electron chi connectivity index (χ2n) is 6.44. The molecule has 0 radical (unpaired) electrons. The Morgan fingerprint density at radius 1 is 1.33 bits per heavy atom. The zero-order valence-electron chi connectivity index (χ0n) is 14.3. The van der Waals surface area contributed by atoms with Gasteiger partial charge in [-0.25, -0.2) is 0 Å². The van der Waals surface area contributed by atoms with E-state index in [0.717, 1.165) is 49.5 Å². The van der Waals surface area contributed by atoms with Crippen molar-refractivity contribution in [3.63, 3.8) is 0 Å². The molecule has 2 amide bonds. The summed E-state index contributed by atoms with van der Waals surface area (Å²) < 4.78 is 0. The van der Waals surface area contributed by atoms with Crippen LogP contribution >= 0.6 is 11.8 Å². The lowest BCUT2D eigenvalue weighted by atomic mass is 10.0. The van der Waals surface area contributed by atoms with E-state index < -0.39 is 0 Å². The molecular formula is C18H25N3O2S. The van der Waals surface area contributed by atoms with E-state index in [1.54, 1.807) is 11.8 Å². The molecule has 1 fully saturated rings. The number of benzene rings is 1. The van der Waals surface area contributed by atoms with Crippen molar-refractivity contribution in [2.45, 2.75) is 49.3 Å². The molecule has 0 aliphatic carbocycles. The summed E-state index contributed by atoms with van der Waals surface area (Å²) in [7, 11) is 0. The second kappa shape index (κ2) is 7.57. The van der Waals surface area contributed by atoms with Crippen molar-refractivity contribution in [1.29, 1.82) is 0 Å². The molecule has 1 aromatic carbocycles. The van der Waals surface area contributed by atoms with Crippen molar-refractivity contribution in [3.8, 4) is 0 Å². The van der Waals surface area contributed by atoms with Crippen LogP contribution in [0.3, 0.4) is 0 Å². The summed E-state index contributed by atoms with van der Waals surface area (Å²) in [6.07, 6.45) is 2.95. The third-order valence-corrected chi connectivity index (χ3v) is 5.81. The number of rotatable bonds is 4. The van der Waals surface area contributed by atoms with Crippen LogP contribution in [0.1, 0.15) is 43.5 Å². The quantitative estimate of drug-likeness (QED) is 0.879. The van der Waals surface area contributed by atoms with Crippen LogP contribution in [0.2, 0.25) is 0 Å². The first kappa shape index (κ1) is 17.3. The van der Waals surface area contributed by atoms with Gasteiger partial charge < -0.3 is 15.5 Å². The molecule has 0 aromatic heterocycles. The first-order valence-corrected chi connectivity index (χ1v) is 9.61. The van der Waals surface area contributed by atoms with Gasteiger partial charge >= 0.3 is 0 Å². The van der Waals surface area contributed by atoms with Gasteiger partial charge in [0, 0.05) is 23.0 Å². The van der Waals surface area contributed by atoms with E-state index in [1.807, 2.05) is 30.0 Å². The fourth-order valence-electron chi connectivity index (χ4n) is 3.32. The zero-order valence-corrected chi connectivity index (χ0v) is 15.1. The number of amides is 2. The molecule has 24 heavy (non-hydrogen) atoms. The molecular weight excluding hydrogens is 322 g/mol. The van der Waals surface area contributed by atoms with Gasteiger partial charge in [0.25, 0.3) is 5.91 Å². The highest BCUT2D eigenvalue weighted by atomic mass is 32.2. The van der Waals surface area contributed by atoms with Crippen LogP contribution in [0.25, 0.3) is 0 Å². The lowest BCUT2D eigenvalue weighted by molar-refractivity contribution is -0.115. The molecule has 1 atom stereocenters. The molecule has 2 N–H and O–H groups in total. The van der Waals surface area contributed by atoms with Gasteiger partial charge in [-0.2, -0.15) is 0 Å². The van der Waals surface area contributed by atoms with E-state index in [-0.39, 0.29) is 17.1 Å². The number of nitrogens with one attached hydrogen (secondary N) is 2. The van der Waals surface area contributed by atoms with Crippen LogP contribution in [0, 0.1) is 0 Å². The molecule has 1 aromatic rings. The van der Waals surface area contributed by atoms with Crippen molar-refractivity contribution in [1.82, 2.24) is 10.2 Å². The van der Waals surface area contributed by atoms with Gasteiger partial charge in [0.15, 0.2) is 0 Å². The van der Waals surface area contributed by atoms with Crippen molar-refractivity contribution >= 4 is 29.3 Å². The van der Waals surface area contributed by atoms with Crippen LogP contribution in [-0.2, 0) is 4.79 Å². The molecule has 6 heteroatoms. The fourth-order valence-corrected chi connectivity index (χ4v) is 4.25. The molecule has 0 bridgehead atoms. The van der Waals surface area contributed by atoms with Crippen LogP contribution in [-0.4, -0.2) is 47.6 Å². The Kier molecular flexibility index (Phi) is 5.46. The van der Waals surface area contributed by atoms with Gasteiger partial charge in [-0.3, -0.25) is 9.59 Å². The fraction of sp³-hybridized carbons (Fsp3) is 0.556. The smallest absolute Gasteiger partial charge is 0.254 e. The predicted molar refractivity (Wildman–Crippen MR) is 97.6 cm³/mol. The summed E-state index contributed by atoms with van der Waals surface area (Å²) in [6, 6.07) is 5.98. The molecule has 5 nitrogen and oxygen atoms in total. The number of thioether (sulfide) groups is 1. The lowest BCUT2D eigenvalue weighted by Gasteiger charge is -2.35. The van der Waals surface area contributed by atoms with Crippen molar-refractivity contribution in [3.05, 3.63) is 23.8 Å². The Bertz CT molecular complexity index is 629. The Morgan fingerprint density at radius 2 is 2.08 bits per heavy atom. The normalized spacial score (nSPS) is 21.1. The number of fused-ring (bicyclic) bond motifs is 1. The van der Waals surface area contributed by atoms with Gasteiger partial charge in [0.1, 0.15) is 0 Å². The maximum atomic E-state index is 13.1. The molecule has 0 spiro atoms. The summed E-state index contributed by atoms with van der Waals surface area (Å²) in [6.45, 7) is 6.70. The SMILES string of the molecule is CCCN(C(=O)c1ccc2c(c1)NC(=O)C(C)S2)C1CCNCC1. The number of hydrogen-bond donors (Lipinski definition) is 2. The summed E-state index contributed by atoms with van der Waals surface area (Å²) in [5.41, 5.74) is 1.42. The van der Waals surface area contributed by atoms with Crippen LogP contribution in [0.5, 0.6) is 0 Å². The lowest BCUT2D eigenvalue weighted by Crippen LogP contribution is -2.46. The van der Waals surface area contributed by atoms with Crippen molar-refractivity contribution in [2.75, 3.05) is 25.0 Å². The molecule has 2 aliphatic heterocycles. The van der Waals surface area contributed by atoms with Gasteiger partial charge in [-0.1, -0.05) is 6.92 Å². The first-order valence-electron chi connectivity index (χ1n) is 8.73. The predicted octanol–water partition coefficient (Wildman–Crippen LogP) is 2.72. The minimum Gasteiger partial charge on any atom is -0.336 e. The molecule has 1 saturated heterocycles. The Balaban J connectivity index is 1.82. The highest BCUT2D eigenvalue weighted by Crippen LogP contribution is 2.36.